The largest absolute Gasteiger partial charge is 0.308 e. The number of nitrogens with two attached hydrogens (primary N) is 1. The van der Waals surface area contributed by atoms with Gasteiger partial charge in [0.05, 0.1) is 0 Å². The maximum Gasteiger partial charge on any atom is 0.242 e. The van der Waals surface area contributed by atoms with E-state index in [2.05, 4.69) is 15.1 Å². The summed E-state index contributed by atoms with van der Waals surface area (Å²) in [5, 5.41) is 0. The molecule has 0 amide bonds. The van der Waals surface area contributed by atoms with Gasteiger partial charge in [-0.25, -0.2) is 24.0 Å². The van der Waals surface area contributed by atoms with Crippen LogP contribution in [0.25, 0.3) is 0 Å². The number of pyridine rings is 1. The van der Waals surface area contributed by atoms with Crippen LogP contribution in [-0.4, -0.2) is 19.9 Å². The smallest absolute Gasteiger partial charge is 0.242 e. The predicted octanol–water partition coefficient (Wildman–Crippen LogP) is 0.836. The van der Waals surface area contributed by atoms with Gasteiger partial charge in [-0.3, -0.25) is 0 Å². The lowest BCUT2D eigenvalue weighted by Gasteiger charge is -2.11. The van der Waals surface area contributed by atoms with Crippen LogP contribution in [0.4, 0.5) is 5.82 Å². The standard InChI is InChI=1S/C11H18N4O2S/c12-15-11-6-5-10(8-13-11)18(16,17)14-7-9-3-1-2-4-9/h5-6,8-9,14H,1-4,7,12H2,(H,13,15). The van der Waals surface area contributed by atoms with Crippen LogP contribution in [0, 0.1) is 5.92 Å². The Balaban J connectivity index is 2.00. The van der Waals surface area contributed by atoms with Gasteiger partial charge in [0.15, 0.2) is 0 Å². The van der Waals surface area contributed by atoms with E-state index < -0.39 is 10.0 Å². The molecular weight excluding hydrogens is 252 g/mol. The molecule has 0 radical (unpaired) electrons. The second-order valence-electron chi connectivity index (χ2n) is 4.53. The number of nitrogen functional groups attached to an aromatic ring is 1. The molecule has 100 valence electrons. The summed E-state index contributed by atoms with van der Waals surface area (Å²) < 4.78 is 26.6. The van der Waals surface area contributed by atoms with Crippen LogP contribution in [0.5, 0.6) is 0 Å². The summed E-state index contributed by atoms with van der Waals surface area (Å²) in [5.74, 6) is 6.08. The first kappa shape index (κ1) is 13.3. The maximum atomic E-state index is 12.0. The van der Waals surface area contributed by atoms with Gasteiger partial charge in [-0.1, -0.05) is 12.8 Å². The van der Waals surface area contributed by atoms with E-state index in [-0.39, 0.29) is 4.90 Å². The zero-order chi connectivity index (χ0) is 13.0. The van der Waals surface area contributed by atoms with E-state index in [9.17, 15) is 8.42 Å². The van der Waals surface area contributed by atoms with Gasteiger partial charge in [0.2, 0.25) is 10.0 Å². The highest BCUT2D eigenvalue weighted by atomic mass is 32.2. The van der Waals surface area contributed by atoms with Crippen molar-refractivity contribution in [2.75, 3.05) is 12.0 Å². The van der Waals surface area contributed by atoms with Crippen molar-refractivity contribution in [3.05, 3.63) is 18.3 Å². The average molecular weight is 270 g/mol. The van der Waals surface area contributed by atoms with E-state index in [4.69, 9.17) is 5.84 Å². The van der Waals surface area contributed by atoms with Crippen LogP contribution in [0.15, 0.2) is 23.2 Å². The fourth-order valence-corrected chi connectivity index (χ4v) is 3.21. The van der Waals surface area contributed by atoms with Gasteiger partial charge in [-0.15, -0.1) is 0 Å². The normalized spacial score (nSPS) is 16.9. The number of hydrazine groups is 1. The van der Waals surface area contributed by atoms with E-state index in [0.29, 0.717) is 18.3 Å². The van der Waals surface area contributed by atoms with Gasteiger partial charge in [0, 0.05) is 12.7 Å². The lowest BCUT2D eigenvalue weighted by molar-refractivity contribution is 0.519. The molecule has 1 heterocycles. The van der Waals surface area contributed by atoms with Gasteiger partial charge in [-0.2, -0.15) is 0 Å². The summed E-state index contributed by atoms with van der Waals surface area (Å²) in [6.45, 7) is 0.513. The molecule has 0 saturated heterocycles. The number of nitrogens with one attached hydrogen (secondary N) is 2. The van der Waals surface area contributed by atoms with E-state index in [0.717, 1.165) is 12.8 Å². The van der Waals surface area contributed by atoms with Gasteiger partial charge in [0.1, 0.15) is 10.7 Å². The number of hydrogen-bond acceptors (Lipinski definition) is 5. The van der Waals surface area contributed by atoms with Crippen molar-refractivity contribution in [2.24, 2.45) is 11.8 Å². The number of sulfonamides is 1. The molecule has 0 spiro atoms. The minimum absolute atomic E-state index is 0.166. The van der Waals surface area contributed by atoms with Crippen molar-refractivity contribution in [1.82, 2.24) is 9.71 Å². The average Bonchev–Trinajstić information content (AvgIpc) is 2.90. The molecule has 1 aliphatic rings. The third-order valence-electron chi connectivity index (χ3n) is 3.23. The summed E-state index contributed by atoms with van der Waals surface area (Å²) in [4.78, 5) is 4.05. The Hall–Kier alpha value is -1.18. The first-order valence-corrected chi connectivity index (χ1v) is 7.52. The Morgan fingerprint density at radius 3 is 2.61 bits per heavy atom. The molecule has 1 fully saturated rings. The Kier molecular flexibility index (Phi) is 4.15. The highest BCUT2D eigenvalue weighted by Gasteiger charge is 2.19. The minimum Gasteiger partial charge on any atom is -0.308 e. The lowest BCUT2D eigenvalue weighted by atomic mass is 10.1. The number of rotatable bonds is 5. The molecule has 6 nitrogen and oxygen atoms in total. The molecule has 1 saturated carbocycles. The zero-order valence-electron chi connectivity index (χ0n) is 10.1. The predicted molar refractivity (Wildman–Crippen MR) is 69.2 cm³/mol. The summed E-state index contributed by atoms with van der Waals surface area (Å²) in [5.41, 5.74) is 2.36. The van der Waals surface area contributed by atoms with Crippen LogP contribution in [0.1, 0.15) is 25.7 Å². The molecule has 0 atom stereocenters. The van der Waals surface area contributed by atoms with E-state index in [1.54, 1.807) is 0 Å². The summed E-state index contributed by atoms with van der Waals surface area (Å²) >= 11 is 0. The first-order chi connectivity index (χ1) is 8.62. The Bertz CT molecular complexity index is 480. The molecule has 0 bridgehead atoms. The molecule has 7 heteroatoms. The fraction of sp³-hybridized carbons (Fsp3) is 0.545. The van der Waals surface area contributed by atoms with Crippen molar-refractivity contribution in [3.63, 3.8) is 0 Å². The van der Waals surface area contributed by atoms with Crippen LogP contribution >= 0.6 is 0 Å². The molecule has 0 aromatic carbocycles. The molecule has 1 aliphatic carbocycles. The second kappa shape index (κ2) is 5.64. The molecule has 0 aliphatic heterocycles. The third kappa shape index (κ3) is 3.18. The Morgan fingerprint density at radius 1 is 1.33 bits per heavy atom. The van der Waals surface area contributed by atoms with Crippen LogP contribution in [-0.2, 0) is 10.0 Å². The van der Waals surface area contributed by atoms with Crippen molar-refractivity contribution >= 4 is 15.8 Å². The summed E-state index contributed by atoms with van der Waals surface area (Å²) in [6, 6.07) is 3.02. The number of hydrogen-bond donors (Lipinski definition) is 3. The van der Waals surface area contributed by atoms with Gasteiger partial charge >= 0.3 is 0 Å². The highest BCUT2D eigenvalue weighted by molar-refractivity contribution is 7.89. The number of anilines is 1. The Morgan fingerprint density at radius 2 is 2.06 bits per heavy atom. The summed E-state index contributed by atoms with van der Waals surface area (Å²) in [7, 11) is -3.45. The molecular formula is C11H18N4O2S. The number of nitrogens with zero attached hydrogens (tertiary/aromatic N) is 1. The van der Waals surface area contributed by atoms with Crippen LogP contribution in [0.3, 0.4) is 0 Å². The highest BCUT2D eigenvalue weighted by Crippen LogP contribution is 2.24. The van der Waals surface area contributed by atoms with Crippen LogP contribution < -0.4 is 16.0 Å². The quantitative estimate of drug-likeness (QED) is 0.544. The molecule has 18 heavy (non-hydrogen) atoms. The van der Waals surface area contributed by atoms with E-state index in [1.165, 1.54) is 31.2 Å². The molecule has 1 aromatic rings. The van der Waals surface area contributed by atoms with E-state index >= 15 is 0 Å². The first-order valence-electron chi connectivity index (χ1n) is 6.04. The van der Waals surface area contributed by atoms with Gasteiger partial charge in [-0.05, 0) is 30.9 Å². The molecule has 2 rings (SSSR count). The molecule has 4 N–H and O–H groups in total. The van der Waals surface area contributed by atoms with Crippen LogP contribution in [0.2, 0.25) is 0 Å². The fourth-order valence-electron chi connectivity index (χ4n) is 2.15. The Labute approximate surface area is 107 Å². The lowest BCUT2D eigenvalue weighted by Crippen LogP contribution is -2.28. The minimum atomic E-state index is -3.45. The molecule has 1 aromatic heterocycles. The van der Waals surface area contributed by atoms with Gasteiger partial charge in [0.25, 0.3) is 0 Å². The zero-order valence-corrected chi connectivity index (χ0v) is 10.9. The maximum absolute atomic E-state index is 12.0. The van der Waals surface area contributed by atoms with Crippen molar-refractivity contribution < 1.29 is 8.42 Å². The van der Waals surface area contributed by atoms with E-state index in [1.807, 2.05) is 0 Å². The van der Waals surface area contributed by atoms with Crippen molar-refractivity contribution in [1.29, 1.82) is 0 Å². The second-order valence-corrected chi connectivity index (χ2v) is 6.29. The number of aromatic nitrogens is 1. The topological polar surface area (TPSA) is 97.1 Å². The van der Waals surface area contributed by atoms with Gasteiger partial charge < -0.3 is 5.43 Å². The third-order valence-corrected chi connectivity index (χ3v) is 4.64. The van der Waals surface area contributed by atoms with Crippen molar-refractivity contribution in [3.8, 4) is 0 Å². The van der Waals surface area contributed by atoms with Crippen molar-refractivity contribution in [2.45, 2.75) is 30.6 Å². The monoisotopic (exact) mass is 270 g/mol. The SMILES string of the molecule is NNc1ccc(S(=O)(=O)NCC2CCCC2)cn1. The summed E-state index contributed by atoms with van der Waals surface area (Å²) in [6.07, 6.45) is 5.91. The molecule has 0 unspecified atom stereocenters.